The maximum Gasteiger partial charge on any atom is 0.245 e. The molecule has 0 aromatic heterocycles. The summed E-state index contributed by atoms with van der Waals surface area (Å²) in [5, 5.41) is 0. The molecular weight excluding hydrogens is 228 g/mol. The highest BCUT2D eigenvalue weighted by atomic mass is 16.1. The molecule has 1 aromatic rings. The molecule has 0 radical (unpaired) electrons. The van der Waals surface area contributed by atoms with Crippen LogP contribution in [-0.4, -0.2) is 11.8 Å². The second-order valence-corrected chi connectivity index (χ2v) is 4.65. The molecule has 1 unspecified atom stereocenters. The van der Waals surface area contributed by atoms with E-state index in [9.17, 15) is 9.59 Å². The Morgan fingerprint density at radius 1 is 1.17 bits per heavy atom. The topological polar surface area (TPSA) is 86.2 Å². The third-order valence-corrected chi connectivity index (χ3v) is 3.75. The Morgan fingerprint density at radius 2 is 1.89 bits per heavy atom. The lowest BCUT2D eigenvalue weighted by Gasteiger charge is -2.39. The highest BCUT2D eigenvalue weighted by molar-refractivity contribution is 6.09. The number of fused-ring (bicyclic) bond motifs is 1. The van der Waals surface area contributed by atoms with Crippen molar-refractivity contribution in [1.29, 1.82) is 0 Å². The van der Waals surface area contributed by atoms with E-state index >= 15 is 0 Å². The molecule has 0 heterocycles. The molecule has 4 nitrogen and oxygen atoms in total. The average molecular weight is 240 g/mol. The third kappa shape index (κ3) is 1.14. The number of hydrogen-bond donors (Lipinski definition) is 2. The molecule has 4 rings (SSSR count). The van der Waals surface area contributed by atoms with Crippen molar-refractivity contribution in [2.75, 3.05) is 0 Å². The Hall–Kier alpha value is -2.36. The molecule has 4 heteroatoms. The average Bonchev–Trinajstić information content (AvgIpc) is 2.39. The molecule has 1 atom stereocenters. The fourth-order valence-electron chi connectivity index (χ4n) is 2.83. The van der Waals surface area contributed by atoms with Gasteiger partial charge in [0.15, 0.2) is 0 Å². The molecule has 0 aliphatic heterocycles. The van der Waals surface area contributed by atoms with Crippen LogP contribution in [0.5, 0.6) is 0 Å². The largest absolute Gasteiger partial charge is 0.369 e. The molecular formula is C14H12N2O2. The molecule has 0 saturated heterocycles. The number of primary amides is 2. The molecule has 1 aromatic carbocycles. The maximum atomic E-state index is 11.9. The molecule has 0 saturated carbocycles. The zero-order chi connectivity index (χ0) is 12.9. The van der Waals surface area contributed by atoms with Crippen molar-refractivity contribution in [2.24, 2.45) is 11.5 Å². The van der Waals surface area contributed by atoms with E-state index in [0.29, 0.717) is 5.57 Å². The van der Waals surface area contributed by atoms with Crippen molar-refractivity contribution in [3.8, 4) is 0 Å². The number of nitrogens with two attached hydrogens (primary N) is 2. The highest BCUT2D eigenvalue weighted by Crippen LogP contribution is 2.48. The van der Waals surface area contributed by atoms with Crippen LogP contribution < -0.4 is 11.5 Å². The summed E-state index contributed by atoms with van der Waals surface area (Å²) in [6.07, 6.45) is 3.82. The summed E-state index contributed by atoms with van der Waals surface area (Å²) in [6.45, 7) is 0. The van der Waals surface area contributed by atoms with Gasteiger partial charge in [-0.1, -0.05) is 36.4 Å². The van der Waals surface area contributed by atoms with Crippen LogP contribution >= 0.6 is 0 Å². The van der Waals surface area contributed by atoms with E-state index in [4.69, 9.17) is 11.5 Å². The fraction of sp³-hybridized carbons (Fsp3) is 0.143. The first-order chi connectivity index (χ1) is 8.56. The van der Waals surface area contributed by atoms with Crippen molar-refractivity contribution in [3.05, 3.63) is 53.1 Å². The smallest absolute Gasteiger partial charge is 0.245 e. The summed E-state index contributed by atoms with van der Waals surface area (Å²) in [4.78, 5) is 23.4. The number of hydrogen-bond acceptors (Lipinski definition) is 2. The number of rotatable bonds is 2. The van der Waals surface area contributed by atoms with Crippen LogP contribution in [0.25, 0.3) is 5.57 Å². The second kappa shape index (κ2) is 3.32. The van der Waals surface area contributed by atoms with Gasteiger partial charge in [-0.15, -0.1) is 0 Å². The van der Waals surface area contributed by atoms with E-state index in [1.54, 1.807) is 12.2 Å². The molecule has 18 heavy (non-hydrogen) atoms. The van der Waals surface area contributed by atoms with Crippen molar-refractivity contribution in [3.63, 3.8) is 0 Å². The summed E-state index contributed by atoms with van der Waals surface area (Å²) < 4.78 is 0. The number of carbonyl (C=O) groups is 2. The van der Waals surface area contributed by atoms with Gasteiger partial charge in [-0.3, -0.25) is 9.59 Å². The molecule has 2 amide bonds. The lowest BCUT2D eigenvalue weighted by Crippen LogP contribution is -2.45. The first kappa shape index (κ1) is 10.8. The number of amides is 2. The van der Waals surface area contributed by atoms with Gasteiger partial charge in [-0.25, -0.2) is 0 Å². The first-order valence-corrected chi connectivity index (χ1v) is 5.68. The number of allylic oxidation sites excluding steroid dienone is 2. The molecule has 2 bridgehead atoms. The predicted molar refractivity (Wildman–Crippen MR) is 67.2 cm³/mol. The van der Waals surface area contributed by atoms with Gasteiger partial charge in [0.05, 0.1) is 5.41 Å². The Balaban J connectivity index is 2.36. The Labute approximate surface area is 104 Å². The lowest BCUT2D eigenvalue weighted by atomic mass is 9.63. The number of carbonyl (C=O) groups excluding carboxylic acids is 2. The minimum atomic E-state index is -0.928. The molecule has 3 aliphatic rings. The summed E-state index contributed by atoms with van der Waals surface area (Å²) >= 11 is 0. The van der Waals surface area contributed by atoms with Gasteiger partial charge in [0.25, 0.3) is 0 Å². The zero-order valence-electron chi connectivity index (χ0n) is 9.64. The van der Waals surface area contributed by atoms with Crippen LogP contribution in [0.3, 0.4) is 0 Å². The van der Waals surface area contributed by atoms with Crippen molar-refractivity contribution < 1.29 is 9.59 Å². The fourth-order valence-corrected chi connectivity index (χ4v) is 2.83. The third-order valence-electron chi connectivity index (χ3n) is 3.75. The minimum absolute atomic E-state index is 0.264. The molecule has 0 fully saturated rings. The van der Waals surface area contributed by atoms with Gasteiger partial charge in [0, 0.05) is 12.0 Å². The number of benzene rings is 1. The molecule has 0 spiro atoms. The molecule has 4 N–H and O–H groups in total. The standard InChI is InChI=1S/C14H12N2O2/c15-12(17)10-7-14(13(16)18)6-5-8(10)9-3-1-2-4-11(9)14/h1-6H,7H2,(H2,15,17)(H2,16,18). The van der Waals surface area contributed by atoms with Gasteiger partial charge in [0.1, 0.15) is 0 Å². The summed E-state index contributed by atoms with van der Waals surface area (Å²) in [5.74, 6) is -0.946. The normalized spacial score (nSPS) is 24.0. The second-order valence-electron chi connectivity index (χ2n) is 4.65. The van der Waals surface area contributed by atoms with Crippen molar-refractivity contribution >= 4 is 17.4 Å². The maximum absolute atomic E-state index is 11.9. The van der Waals surface area contributed by atoms with Gasteiger partial charge in [0.2, 0.25) is 11.8 Å². The Bertz CT molecular complexity index is 643. The van der Waals surface area contributed by atoms with E-state index in [1.807, 2.05) is 24.3 Å². The molecule has 90 valence electrons. The SMILES string of the molecule is NC(=O)C1=C2C=CC(C(N)=O)(C1)c1ccccc12. The van der Waals surface area contributed by atoms with E-state index in [2.05, 4.69) is 0 Å². The summed E-state index contributed by atoms with van der Waals surface area (Å²) in [5.41, 5.74) is 13.0. The van der Waals surface area contributed by atoms with E-state index in [0.717, 1.165) is 16.7 Å². The molecule has 3 aliphatic carbocycles. The highest BCUT2D eigenvalue weighted by Gasteiger charge is 2.46. The van der Waals surface area contributed by atoms with Gasteiger partial charge >= 0.3 is 0 Å². The van der Waals surface area contributed by atoms with Gasteiger partial charge in [-0.05, 0) is 16.7 Å². The minimum Gasteiger partial charge on any atom is -0.369 e. The monoisotopic (exact) mass is 240 g/mol. The predicted octanol–water partition coefficient (Wildman–Crippen LogP) is 0.622. The van der Waals surface area contributed by atoms with Crippen LogP contribution in [0.2, 0.25) is 0 Å². The first-order valence-electron chi connectivity index (χ1n) is 5.68. The summed E-state index contributed by atoms with van der Waals surface area (Å²) in [6, 6.07) is 7.49. The Morgan fingerprint density at radius 3 is 2.56 bits per heavy atom. The van der Waals surface area contributed by atoms with Crippen LogP contribution in [0.1, 0.15) is 17.5 Å². The van der Waals surface area contributed by atoms with E-state index < -0.39 is 17.2 Å². The van der Waals surface area contributed by atoms with Crippen LogP contribution in [0, 0.1) is 0 Å². The van der Waals surface area contributed by atoms with Crippen LogP contribution in [0.4, 0.5) is 0 Å². The van der Waals surface area contributed by atoms with Crippen LogP contribution in [0.15, 0.2) is 42.0 Å². The van der Waals surface area contributed by atoms with Crippen molar-refractivity contribution in [1.82, 2.24) is 0 Å². The Kier molecular flexibility index (Phi) is 1.99. The quantitative estimate of drug-likeness (QED) is 0.794. The van der Waals surface area contributed by atoms with E-state index in [-0.39, 0.29) is 6.42 Å². The zero-order valence-corrected chi connectivity index (χ0v) is 9.64. The summed E-state index contributed by atoms with van der Waals surface area (Å²) in [7, 11) is 0. The van der Waals surface area contributed by atoms with Gasteiger partial charge < -0.3 is 11.5 Å². The van der Waals surface area contributed by atoms with Crippen molar-refractivity contribution in [2.45, 2.75) is 11.8 Å². The van der Waals surface area contributed by atoms with E-state index in [1.165, 1.54) is 0 Å². The van der Waals surface area contributed by atoms with Crippen LogP contribution in [-0.2, 0) is 15.0 Å². The van der Waals surface area contributed by atoms with Gasteiger partial charge in [-0.2, -0.15) is 0 Å². The lowest BCUT2D eigenvalue weighted by molar-refractivity contribution is -0.122.